The third-order valence-electron chi connectivity index (χ3n) is 2.70. The minimum atomic E-state index is 0. The summed E-state index contributed by atoms with van der Waals surface area (Å²) in [6, 6.07) is 16.0. The van der Waals surface area contributed by atoms with Crippen LogP contribution in [0.25, 0.3) is 21.8 Å². The maximum atomic E-state index is 3.88. The molecule has 0 spiro atoms. The molecule has 0 aliphatic carbocycles. The first-order valence-electron chi connectivity index (χ1n) is 5.70. The van der Waals surface area contributed by atoms with Crippen LogP contribution >= 0.6 is 0 Å². The summed E-state index contributed by atoms with van der Waals surface area (Å²) in [6.45, 7) is 0. The molecule has 4 aromatic rings. The molecular weight excluding hydrogens is 361 g/mol. The molecule has 0 atom stereocenters. The maximum absolute atomic E-state index is 3.88. The van der Waals surface area contributed by atoms with E-state index in [0.29, 0.717) is 0 Å². The van der Waals surface area contributed by atoms with E-state index >= 15 is 0 Å². The van der Waals surface area contributed by atoms with Crippen LogP contribution in [0, 0.1) is 0 Å². The number of hydrogen-bond acceptors (Lipinski definition) is 2. The van der Waals surface area contributed by atoms with E-state index in [1.807, 2.05) is 60.9 Å². The predicted octanol–water partition coefficient (Wildman–Crippen LogP) is 0.127. The van der Waals surface area contributed by atoms with Crippen molar-refractivity contribution in [1.82, 2.24) is 20.4 Å². The SMILES string of the molecule is [Cl-].[Ru+5].c1ccc2[nH]ncc2c1.c1ccc2[nH]ncc2c1. The van der Waals surface area contributed by atoms with Gasteiger partial charge in [0.1, 0.15) is 0 Å². The number of aromatic amines is 2. The number of benzene rings is 2. The third kappa shape index (κ3) is 3.65. The molecule has 0 bridgehead atoms. The Bertz CT molecular complexity index is 639. The van der Waals surface area contributed by atoms with E-state index < -0.39 is 0 Å². The summed E-state index contributed by atoms with van der Waals surface area (Å²) in [5.41, 5.74) is 2.19. The summed E-state index contributed by atoms with van der Waals surface area (Å²) in [6.07, 6.45) is 3.63. The minimum Gasteiger partial charge on any atom is -1.00 e. The average molecular weight is 373 g/mol. The Labute approximate surface area is 135 Å². The van der Waals surface area contributed by atoms with Crippen molar-refractivity contribution in [3.05, 3.63) is 60.9 Å². The fraction of sp³-hybridized carbons (Fsp3) is 0. The number of H-pyrrole nitrogens is 2. The number of nitrogens with one attached hydrogen (secondary N) is 2. The molecule has 1 radical (unpaired) electrons. The summed E-state index contributed by atoms with van der Waals surface area (Å²) in [5, 5.41) is 15.8. The molecule has 4 rings (SSSR count). The number of halogens is 1. The van der Waals surface area contributed by atoms with Gasteiger partial charge in [0, 0.05) is 10.8 Å². The van der Waals surface area contributed by atoms with Gasteiger partial charge in [0.25, 0.3) is 0 Å². The van der Waals surface area contributed by atoms with Crippen molar-refractivity contribution in [2.24, 2.45) is 0 Å². The molecule has 0 unspecified atom stereocenters. The molecule has 0 aliphatic rings. The Kier molecular flexibility index (Phi) is 6.36. The minimum absolute atomic E-state index is 0. The Morgan fingerprint density at radius 3 is 1.45 bits per heavy atom. The largest absolute Gasteiger partial charge is 5.00 e. The van der Waals surface area contributed by atoms with Gasteiger partial charge >= 0.3 is 19.5 Å². The van der Waals surface area contributed by atoms with Crippen molar-refractivity contribution < 1.29 is 31.9 Å². The van der Waals surface area contributed by atoms with Gasteiger partial charge < -0.3 is 12.4 Å². The van der Waals surface area contributed by atoms with Gasteiger partial charge in [0.05, 0.1) is 23.4 Å². The summed E-state index contributed by atoms with van der Waals surface area (Å²) in [7, 11) is 0. The van der Waals surface area contributed by atoms with Gasteiger partial charge in [-0.2, -0.15) is 10.2 Å². The van der Waals surface area contributed by atoms with Crippen LogP contribution in [-0.4, -0.2) is 20.4 Å². The second kappa shape index (κ2) is 7.78. The zero-order chi connectivity index (χ0) is 12.2. The second-order valence-corrected chi connectivity index (χ2v) is 3.91. The van der Waals surface area contributed by atoms with Gasteiger partial charge in [0.2, 0.25) is 0 Å². The fourth-order valence-electron chi connectivity index (χ4n) is 1.77. The van der Waals surface area contributed by atoms with Crippen LogP contribution in [0.3, 0.4) is 0 Å². The molecule has 2 N–H and O–H groups in total. The Morgan fingerprint density at radius 2 is 1.05 bits per heavy atom. The van der Waals surface area contributed by atoms with Crippen molar-refractivity contribution in [1.29, 1.82) is 0 Å². The number of fused-ring (bicyclic) bond motifs is 2. The molecule has 4 nitrogen and oxygen atoms in total. The fourth-order valence-corrected chi connectivity index (χ4v) is 1.77. The molecule has 2 aromatic carbocycles. The molecule has 2 aromatic heterocycles. The van der Waals surface area contributed by atoms with Crippen LogP contribution in [0.4, 0.5) is 0 Å². The van der Waals surface area contributed by atoms with E-state index in [-0.39, 0.29) is 31.9 Å². The van der Waals surface area contributed by atoms with Crippen LogP contribution in [0.15, 0.2) is 60.9 Å². The molecule has 99 valence electrons. The monoisotopic (exact) mass is 373 g/mol. The van der Waals surface area contributed by atoms with E-state index in [1.165, 1.54) is 0 Å². The summed E-state index contributed by atoms with van der Waals surface area (Å²) < 4.78 is 0. The summed E-state index contributed by atoms with van der Waals surface area (Å²) in [5.74, 6) is 0. The average Bonchev–Trinajstić information content (AvgIpc) is 3.08. The number of nitrogens with zero attached hydrogens (tertiary/aromatic N) is 2. The first-order chi connectivity index (χ1) is 8.93. The van der Waals surface area contributed by atoms with E-state index in [9.17, 15) is 0 Å². The van der Waals surface area contributed by atoms with E-state index in [1.54, 1.807) is 0 Å². The molecule has 0 saturated heterocycles. The van der Waals surface area contributed by atoms with Crippen LogP contribution in [0.5, 0.6) is 0 Å². The van der Waals surface area contributed by atoms with Crippen LogP contribution in [0.1, 0.15) is 0 Å². The smallest absolute Gasteiger partial charge is 1.00 e. The normalized spacial score (nSPS) is 9.20. The Morgan fingerprint density at radius 1 is 0.650 bits per heavy atom. The van der Waals surface area contributed by atoms with Crippen molar-refractivity contribution in [2.75, 3.05) is 0 Å². The zero-order valence-electron chi connectivity index (χ0n) is 10.4. The number of aromatic nitrogens is 4. The van der Waals surface area contributed by atoms with Crippen molar-refractivity contribution in [3.63, 3.8) is 0 Å². The molecule has 0 saturated carbocycles. The van der Waals surface area contributed by atoms with Crippen molar-refractivity contribution in [3.8, 4) is 0 Å². The van der Waals surface area contributed by atoms with Crippen LogP contribution in [-0.2, 0) is 19.5 Å². The molecule has 2 heterocycles. The van der Waals surface area contributed by atoms with E-state index in [2.05, 4.69) is 20.4 Å². The quantitative estimate of drug-likeness (QED) is 0.431. The Hall–Kier alpha value is -1.71. The van der Waals surface area contributed by atoms with E-state index in [4.69, 9.17) is 0 Å². The zero-order valence-corrected chi connectivity index (χ0v) is 12.9. The third-order valence-corrected chi connectivity index (χ3v) is 2.70. The molecule has 0 aliphatic heterocycles. The van der Waals surface area contributed by atoms with Gasteiger partial charge in [-0.15, -0.1) is 0 Å². The van der Waals surface area contributed by atoms with Gasteiger partial charge in [-0.3, -0.25) is 10.2 Å². The predicted molar refractivity (Wildman–Crippen MR) is 72.2 cm³/mol. The van der Waals surface area contributed by atoms with Crippen LogP contribution in [0.2, 0.25) is 0 Å². The topological polar surface area (TPSA) is 57.4 Å². The van der Waals surface area contributed by atoms with Crippen molar-refractivity contribution in [2.45, 2.75) is 0 Å². The standard InChI is InChI=1S/2C7H6N2.ClH.Ru/c2*1-2-4-7-6(3-1)5-8-9-7;;/h2*1-5H,(H,8,9);1H;/q;;;+5/p-1. The van der Waals surface area contributed by atoms with Gasteiger partial charge in [-0.05, 0) is 12.1 Å². The molecule has 0 amide bonds. The van der Waals surface area contributed by atoms with Gasteiger partial charge in [0.15, 0.2) is 0 Å². The molecular formula is C14H12ClN4Ru+4. The molecule has 6 heteroatoms. The molecule has 0 fully saturated rings. The molecule has 20 heavy (non-hydrogen) atoms. The van der Waals surface area contributed by atoms with Gasteiger partial charge in [-0.25, -0.2) is 0 Å². The summed E-state index contributed by atoms with van der Waals surface area (Å²) >= 11 is 0. The number of rotatable bonds is 0. The van der Waals surface area contributed by atoms with Gasteiger partial charge in [-0.1, -0.05) is 36.4 Å². The van der Waals surface area contributed by atoms with Crippen molar-refractivity contribution >= 4 is 21.8 Å². The Balaban J connectivity index is 0.000000182. The maximum Gasteiger partial charge on any atom is 5.00 e. The number of para-hydroxylation sites is 2. The number of hydrogen-bond donors (Lipinski definition) is 2. The summed E-state index contributed by atoms with van der Waals surface area (Å²) in [4.78, 5) is 0. The first kappa shape index (κ1) is 16.3. The first-order valence-corrected chi connectivity index (χ1v) is 5.70. The van der Waals surface area contributed by atoms with E-state index in [0.717, 1.165) is 21.8 Å². The second-order valence-electron chi connectivity index (χ2n) is 3.91. The van der Waals surface area contributed by atoms with Crippen LogP contribution < -0.4 is 12.4 Å².